The van der Waals surface area contributed by atoms with E-state index in [2.05, 4.69) is 5.32 Å². The van der Waals surface area contributed by atoms with Gasteiger partial charge in [-0.15, -0.1) is 0 Å². The average molecular weight is 536 g/mol. The molecule has 1 aromatic carbocycles. The molecule has 1 saturated carbocycles. The molecule has 1 aliphatic carbocycles. The van der Waals surface area contributed by atoms with E-state index < -0.39 is 22.7 Å². The molecule has 2 aliphatic rings. The number of nitrogens with one attached hydrogen (secondary N) is 1. The summed E-state index contributed by atoms with van der Waals surface area (Å²) in [6.07, 6.45) is 4.05. The highest BCUT2D eigenvalue weighted by Gasteiger charge is 2.51. The first-order chi connectivity index (χ1) is 17.7. The molecule has 0 atom stereocenters. The van der Waals surface area contributed by atoms with Gasteiger partial charge in [0.2, 0.25) is 5.43 Å². The van der Waals surface area contributed by atoms with Gasteiger partial charge < -0.3 is 29.4 Å². The van der Waals surface area contributed by atoms with Crippen LogP contribution in [-0.4, -0.2) is 60.3 Å². The number of aliphatic hydroxyl groups excluding tert-OH is 1. The molecule has 1 spiro atoms. The van der Waals surface area contributed by atoms with Gasteiger partial charge in [-0.25, -0.2) is 4.39 Å². The molecule has 2 N–H and O–H groups in total. The van der Waals surface area contributed by atoms with Gasteiger partial charge in [-0.05, 0) is 31.2 Å². The van der Waals surface area contributed by atoms with Crippen LogP contribution in [0.25, 0.3) is 0 Å². The molecule has 1 aromatic heterocycles. The van der Waals surface area contributed by atoms with Gasteiger partial charge in [0.1, 0.15) is 16.3 Å². The number of halogens is 2. The number of nitrogens with zero attached hydrogens (tertiary/aromatic N) is 2. The van der Waals surface area contributed by atoms with E-state index in [4.69, 9.17) is 21.1 Å². The Kier molecular flexibility index (Phi) is 7.80. The normalized spacial score (nSPS) is 20.4. The van der Waals surface area contributed by atoms with E-state index in [9.17, 15) is 23.9 Å². The van der Waals surface area contributed by atoms with Crippen LogP contribution >= 0.6 is 11.6 Å². The fourth-order valence-corrected chi connectivity index (χ4v) is 5.42. The average Bonchev–Trinajstić information content (AvgIpc) is 2.86. The lowest BCUT2D eigenvalue weighted by Crippen LogP contribution is -2.60. The minimum atomic E-state index is -0.732. The van der Waals surface area contributed by atoms with E-state index in [1.807, 2.05) is 6.92 Å². The zero-order valence-electron chi connectivity index (χ0n) is 21.1. The zero-order chi connectivity index (χ0) is 26.9. The summed E-state index contributed by atoms with van der Waals surface area (Å²) in [5, 5.41) is 12.0. The number of unbranched alkanes of at least 4 members (excludes halogenated alkanes) is 1. The fraction of sp³-hybridized carbons (Fsp3) is 0.500. The summed E-state index contributed by atoms with van der Waals surface area (Å²) >= 11 is 5.98. The Labute approximate surface area is 219 Å². The predicted octanol–water partition coefficient (Wildman–Crippen LogP) is 2.94. The summed E-state index contributed by atoms with van der Waals surface area (Å²) in [5.74, 6) is -1.78. The van der Waals surface area contributed by atoms with Crippen LogP contribution in [0.15, 0.2) is 23.1 Å². The zero-order valence-corrected chi connectivity index (χ0v) is 21.9. The molecule has 37 heavy (non-hydrogen) atoms. The number of rotatable bonds is 9. The van der Waals surface area contributed by atoms with Crippen LogP contribution in [0.5, 0.6) is 11.5 Å². The summed E-state index contributed by atoms with van der Waals surface area (Å²) < 4.78 is 27.1. The van der Waals surface area contributed by atoms with Gasteiger partial charge in [0.05, 0.1) is 19.3 Å². The second-order valence-corrected chi connectivity index (χ2v) is 10.1. The van der Waals surface area contributed by atoms with Gasteiger partial charge >= 0.3 is 0 Å². The maximum Gasteiger partial charge on any atom is 0.274 e. The van der Waals surface area contributed by atoms with Crippen LogP contribution in [0, 0.1) is 11.7 Å². The Hall–Kier alpha value is -3.11. The summed E-state index contributed by atoms with van der Waals surface area (Å²) in [5.41, 5.74) is -1.25. The Morgan fingerprint density at radius 3 is 2.70 bits per heavy atom. The predicted molar refractivity (Wildman–Crippen MR) is 135 cm³/mol. The second kappa shape index (κ2) is 10.7. The SMILES string of the molecule is CCCCOc1c2n(cc(C(=O)NCc3ccc(OC)c(Cl)c3F)c1=O)C1(CC(CO)C1)CN(C)C2=O. The lowest BCUT2D eigenvalue weighted by atomic mass is 9.67. The standard InChI is InChI=1S/C26H31ClFN3O6/c1-4-5-8-37-23-21-25(35)30(2)14-26(9-15(10-26)13-32)31(21)12-17(22(23)33)24(34)29-11-16-6-7-18(36-3)19(27)20(16)28/h6-7,12,15,32H,4-5,8-11,13-14H2,1-3H3,(H,29,34). The van der Waals surface area contributed by atoms with Crippen molar-refractivity contribution >= 4 is 23.4 Å². The number of aromatic nitrogens is 1. The molecule has 0 saturated heterocycles. The van der Waals surface area contributed by atoms with Gasteiger partial charge in [0, 0.05) is 38.5 Å². The number of carbonyl (C=O) groups excluding carboxylic acids is 2. The summed E-state index contributed by atoms with van der Waals surface area (Å²) in [7, 11) is 3.03. The van der Waals surface area contributed by atoms with Crippen molar-refractivity contribution in [2.24, 2.45) is 5.92 Å². The van der Waals surface area contributed by atoms with Crippen molar-refractivity contribution in [2.45, 2.75) is 44.7 Å². The maximum absolute atomic E-state index is 14.6. The molecule has 11 heteroatoms. The molecule has 1 fully saturated rings. The number of likely N-dealkylation sites (N-methyl/N-ethyl adjacent to an activating group) is 1. The van der Waals surface area contributed by atoms with E-state index in [0.717, 1.165) is 6.42 Å². The number of hydrogen-bond acceptors (Lipinski definition) is 6. The summed E-state index contributed by atoms with van der Waals surface area (Å²) in [4.78, 5) is 41.4. The first kappa shape index (κ1) is 26.9. The smallest absolute Gasteiger partial charge is 0.274 e. The van der Waals surface area contributed by atoms with E-state index in [1.165, 1.54) is 25.4 Å². The lowest BCUT2D eigenvalue weighted by molar-refractivity contribution is -0.0104. The monoisotopic (exact) mass is 535 g/mol. The van der Waals surface area contributed by atoms with Crippen LogP contribution in [0.3, 0.4) is 0 Å². The molecule has 2 amide bonds. The van der Waals surface area contributed by atoms with Crippen molar-refractivity contribution in [3.63, 3.8) is 0 Å². The molecule has 4 rings (SSSR count). The van der Waals surface area contributed by atoms with Gasteiger partial charge in [-0.1, -0.05) is 31.0 Å². The molecule has 200 valence electrons. The van der Waals surface area contributed by atoms with E-state index in [0.29, 0.717) is 25.8 Å². The maximum atomic E-state index is 14.6. The molecule has 0 bridgehead atoms. The van der Waals surface area contributed by atoms with Crippen molar-refractivity contribution in [2.75, 3.05) is 33.9 Å². The largest absolute Gasteiger partial charge is 0.495 e. The molecular weight excluding hydrogens is 505 g/mol. The third-order valence-electron chi connectivity index (χ3n) is 7.13. The van der Waals surface area contributed by atoms with Crippen molar-refractivity contribution < 1.29 is 28.6 Å². The number of carbonyl (C=O) groups is 2. The Morgan fingerprint density at radius 2 is 2.05 bits per heavy atom. The highest BCUT2D eigenvalue weighted by molar-refractivity contribution is 6.32. The molecule has 2 aromatic rings. The Bertz CT molecular complexity index is 1270. The van der Waals surface area contributed by atoms with Gasteiger partial charge in [-0.2, -0.15) is 0 Å². The molecule has 2 heterocycles. The van der Waals surface area contributed by atoms with Crippen LogP contribution < -0.4 is 20.2 Å². The number of benzene rings is 1. The number of aliphatic hydroxyl groups is 1. The highest BCUT2D eigenvalue weighted by Crippen LogP contribution is 2.47. The van der Waals surface area contributed by atoms with Crippen molar-refractivity contribution in [1.82, 2.24) is 14.8 Å². The fourth-order valence-electron chi connectivity index (χ4n) is 5.16. The van der Waals surface area contributed by atoms with Crippen molar-refractivity contribution in [3.8, 4) is 11.5 Å². The van der Waals surface area contributed by atoms with E-state index in [-0.39, 0.29) is 64.9 Å². The number of pyridine rings is 1. The topological polar surface area (TPSA) is 110 Å². The second-order valence-electron chi connectivity index (χ2n) is 9.70. The summed E-state index contributed by atoms with van der Waals surface area (Å²) in [6, 6.07) is 2.92. The number of hydrogen-bond donors (Lipinski definition) is 2. The quantitative estimate of drug-likeness (QED) is 0.478. The van der Waals surface area contributed by atoms with Crippen molar-refractivity contribution in [1.29, 1.82) is 0 Å². The van der Waals surface area contributed by atoms with Crippen LogP contribution in [0.1, 0.15) is 59.0 Å². The highest BCUT2D eigenvalue weighted by atomic mass is 35.5. The van der Waals surface area contributed by atoms with E-state index >= 15 is 0 Å². The third kappa shape index (κ3) is 4.80. The minimum Gasteiger partial charge on any atom is -0.495 e. The van der Waals surface area contributed by atoms with Crippen LogP contribution in [0.2, 0.25) is 5.02 Å². The number of amides is 2. The Morgan fingerprint density at radius 1 is 1.32 bits per heavy atom. The first-order valence-electron chi connectivity index (χ1n) is 12.3. The summed E-state index contributed by atoms with van der Waals surface area (Å²) in [6.45, 7) is 2.35. The van der Waals surface area contributed by atoms with Gasteiger partial charge in [0.15, 0.2) is 17.3 Å². The van der Waals surface area contributed by atoms with Gasteiger partial charge in [0.25, 0.3) is 11.8 Å². The molecular formula is C26H31ClFN3O6. The number of methoxy groups -OCH3 is 1. The molecule has 0 unspecified atom stereocenters. The molecule has 0 radical (unpaired) electrons. The molecule has 1 aliphatic heterocycles. The van der Waals surface area contributed by atoms with Crippen molar-refractivity contribution in [3.05, 3.63) is 56.2 Å². The number of ether oxygens (including phenoxy) is 2. The molecule has 9 nitrogen and oxygen atoms in total. The van der Waals surface area contributed by atoms with E-state index in [1.54, 1.807) is 16.5 Å². The van der Waals surface area contributed by atoms with Gasteiger partial charge in [-0.3, -0.25) is 14.4 Å². The number of fused-ring (bicyclic) bond motifs is 2. The lowest BCUT2D eigenvalue weighted by Gasteiger charge is -2.53. The van der Waals surface area contributed by atoms with Crippen LogP contribution in [-0.2, 0) is 12.1 Å². The third-order valence-corrected chi connectivity index (χ3v) is 7.48. The minimum absolute atomic E-state index is 0.0120. The Balaban J connectivity index is 1.73. The van der Waals surface area contributed by atoms with Crippen LogP contribution in [0.4, 0.5) is 4.39 Å². The first-order valence-corrected chi connectivity index (χ1v) is 12.6.